The Kier molecular flexibility index (Phi) is 3.22. The molecule has 2 heterocycles. The minimum absolute atomic E-state index is 0.229. The van der Waals surface area contributed by atoms with Crippen LogP contribution in [0.4, 0.5) is 5.69 Å². The molecular formula is C9H13N3O6. The summed E-state index contributed by atoms with van der Waals surface area (Å²) in [4.78, 5) is 24.6. The van der Waals surface area contributed by atoms with Gasteiger partial charge < -0.3 is 25.8 Å². The molecule has 0 unspecified atom stereocenters. The number of nitrogens with one attached hydrogen (secondary N) is 1. The van der Waals surface area contributed by atoms with Crippen LogP contribution in [0, 0.1) is 0 Å². The number of aliphatic hydroxyl groups excluding tert-OH is 3. The zero-order valence-electron chi connectivity index (χ0n) is 9.18. The maximum Gasteiger partial charge on any atom is 0.330 e. The summed E-state index contributed by atoms with van der Waals surface area (Å²) >= 11 is 0. The fraction of sp³-hybridized carbons (Fsp3) is 0.556. The Morgan fingerprint density at radius 2 is 2.06 bits per heavy atom. The molecule has 1 aliphatic rings. The zero-order chi connectivity index (χ0) is 13.4. The van der Waals surface area contributed by atoms with Gasteiger partial charge in [0.05, 0.1) is 6.61 Å². The van der Waals surface area contributed by atoms with E-state index in [-0.39, 0.29) is 5.69 Å². The molecular weight excluding hydrogens is 246 g/mol. The summed E-state index contributed by atoms with van der Waals surface area (Å²) in [6.07, 6.45) is -3.96. The number of ether oxygens (including phenoxy) is 1. The van der Waals surface area contributed by atoms with Crippen molar-refractivity contribution < 1.29 is 20.1 Å². The summed E-state index contributed by atoms with van der Waals surface area (Å²) in [5.74, 6) is 0. The molecule has 6 N–H and O–H groups in total. The largest absolute Gasteiger partial charge is 0.394 e. The first kappa shape index (κ1) is 12.8. The summed E-state index contributed by atoms with van der Waals surface area (Å²) in [7, 11) is 0. The maximum atomic E-state index is 11.5. The molecule has 2 rings (SSSR count). The minimum Gasteiger partial charge on any atom is -0.394 e. The van der Waals surface area contributed by atoms with E-state index in [0.717, 1.165) is 10.8 Å². The Morgan fingerprint density at radius 1 is 1.39 bits per heavy atom. The van der Waals surface area contributed by atoms with Crippen LogP contribution >= 0.6 is 0 Å². The van der Waals surface area contributed by atoms with Gasteiger partial charge in [-0.25, -0.2) is 4.79 Å². The van der Waals surface area contributed by atoms with Gasteiger partial charge in [-0.2, -0.15) is 0 Å². The number of hydrogen-bond donors (Lipinski definition) is 5. The first-order chi connectivity index (χ1) is 8.45. The predicted molar refractivity (Wildman–Crippen MR) is 58.7 cm³/mol. The normalized spacial score (nSPS) is 31.7. The molecule has 0 aromatic carbocycles. The van der Waals surface area contributed by atoms with Crippen molar-refractivity contribution in [3.8, 4) is 0 Å². The Bertz CT molecular complexity index is 552. The van der Waals surface area contributed by atoms with Crippen molar-refractivity contribution in [2.75, 3.05) is 12.3 Å². The molecule has 9 nitrogen and oxygen atoms in total. The first-order valence-electron chi connectivity index (χ1n) is 5.19. The van der Waals surface area contributed by atoms with Crippen molar-refractivity contribution in [1.82, 2.24) is 9.55 Å². The molecule has 1 aromatic rings. The Balaban J connectivity index is 2.42. The predicted octanol–water partition coefficient (Wildman–Crippen LogP) is -3.27. The van der Waals surface area contributed by atoms with Crippen LogP contribution in [-0.2, 0) is 4.74 Å². The fourth-order valence-electron chi connectivity index (χ4n) is 1.80. The lowest BCUT2D eigenvalue weighted by Gasteiger charge is -2.17. The molecule has 0 saturated carbocycles. The molecule has 0 spiro atoms. The topological polar surface area (TPSA) is 151 Å². The van der Waals surface area contributed by atoms with Gasteiger partial charge in [-0.1, -0.05) is 0 Å². The van der Waals surface area contributed by atoms with Gasteiger partial charge in [0.15, 0.2) is 6.23 Å². The van der Waals surface area contributed by atoms with Gasteiger partial charge in [0.1, 0.15) is 24.0 Å². The molecule has 1 fully saturated rings. The molecule has 4 atom stereocenters. The number of aromatic nitrogens is 2. The highest BCUT2D eigenvalue weighted by Gasteiger charge is 2.43. The third-order valence-corrected chi connectivity index (χ3v) is 2.79. The van der Waals surface area contributed by atoms with Gasteiger partial charge in [0, 0.05) is 6.20 Å². The minimum atomic E-state index is -1.41. The summed E-state index contributed by atoms with van der Waals surface area (Å²) in [5, 5.41) is 28.2. The number of anilines is 1. The highest BCUT2D eigenvalue weighted by molar-refractivity contribution is 5.30. The number of nitrogens with zero attached hydrogens (tertiary/aromatic N) is 1. The van der Waals surface area contributed by atoms with Crippen molar-refractivity contribution in [2.45, 2.75) is 24.5 Å². The van der Waals surface area contributed by atoms with Gasteiger partial charge in [-0.3, -0.25) is 14.3 Å². The van der Waals surface area contributed by atoms with Gasteiger partial charge in [-0.15, -0.1) is 0 Å². The first-order valence-corrected chi connectivity index (χ1v) is 5.19. The van der Waals surface area contributed by atoms with Gasteiger partial charge in [0.25, 0.3) is 5.56 Å². The molecule has 0 aliphatic carbocycles. The molecule has 0 bridgehead atoms. The summed E-state index contributed by atoms with van der Waals surface area (Å²) < 4.78 is 5.99. The molecule has 1 aromatic heterocycles. The van der Waals surface area contributed by atoms with E-state index in [4.69, 9.17) is 15.6 Å². The van der Waals surface area contributed by atoms with Crippen molar-refractivity contribution >= 4 is 5.69 Å². The number of rotatable bonds is 2. The third kappa shape index (κ3) is 1.93. The highest BCUT2D eigenvalue weighted by atomic mass is 16.6. The molecule has 1 aliphatic heterocycles. The standard InChI is InChI=1S/C9H13N3O6/c10-3-1-12(9(17)11-7(3)16)8-6(15)5(14)4(2-13)18-8/h1,4-6,8,13-15H,2,10H2,(H,11,16,17)/t4-,5+,6-,8-/m0/s1. The Labute approximate surface area is 100 Å². The van der Waals surface area contributed by atoms with Gasteiger partial charge in [-0.05, 0) is 0 Å². The number of H-pyrrole nitrogens is 1. The maximum absolute atomic E-state index is 11.5. The van der Waals surface area contributed by atoms with E-state index in [0.29, 0.717) is 0 Å². The molecule has 0 radical (unpaired) electrons. The van der Waals surface area contributed by atoms with Crippen molar-refractivity contribution in [3.05, 3.63) is 27.0 Å². The van der Waals surface area contributed by atoms with Crippen LogP contribution in [0.1, 0.15) is 6.23 Å². The number of aliphatic hydroxyl groups is 3. The third-order valence-electron chi connectivity index (χ3n) is 2.79. The lowest BCUT2D eigenvalue weighted by Crippen LogP contribution is -2.38. The Hall–Kier alpha value is -1.68. The quantitative estimate of drug-likeness (QED) is 0.373. The van der Waals surface area contributed by atoms with Crippen molar-refractivity contribution in [3.63, 3.8) is 0 Å². The summed E-state index contributed by atoms with van der Waals surface area (Å²) in [6.45, 7) is -0.512. The van der Waals surface area contributed by atoms with Crippen LogP contribution in [0.2, 0.25) is 0 Å². The van der Waals surface area contributed by atoms with E-state index in [9.17, 15) is 19.8 Å². The number of hydrogen-bond acceptors (Lipinski definition) is 7. The molecule has 1 saturated heterocycles. The number of nitrogen functional groups attached to an aromatic ring is 1. The molecule has 9 heteroatoms. The lowest BCUT2D eigenvalue weighted by atomic mass is 10.1. The fourth-order valence-corrected chi connectivity index (χ4v) is 1.80. The average molecular weight is 259 g/mol. The second-order valence-electron chi connectivity index (χ2n) is 3.98. The zero-order valence-corrected chi connectivity index (χ0v) is 9.18. The van der Waals surface area contributed by atoms with E-state index in [1.54, 1.807) is 0 Å². The summed E-state index contributed by atoms with van der Waals surface area (Å²) in [5.41, 5.74) is 3.55. The van der Waals surface area contributed by atoms with Crippen molar-refractivity contribution in [1.29, 1.82) is 0 Å². The molecule has 18 heavy (non-hydrogen) atoms. The van der Waals surface area contributed by atoms with Crippen molar-refractivity contribution in [2.24, 2.45) is 0 Å². The molecule has 100 valence electrons. The summed E-state index contributed by atoms with van der Waals surface area (Å²) in [6, 6.07) is 0. The van der Waals surface area contributed by atoms with Crippen LogP contribution in [0.3, 0.4) is 0 Å². The second kappa shape index (κ2) is 4.53. The van der Waals surface area contributed by atoms with Gasteiger partial charge in [0.2, 0.25) is 0 Å². The smallest absolute Gasteiger partial charge is 0.330 e. The lowest BCUT2D eigenvalue weighted by molar-refractivity contribution is -0.0549. The highest BCUT2D eigenvalue weighted by Crippen LogP contribution is 2.27. The average Bonchev–Trinajstić information content (AvgIpc) is 2.61. The van der Waals surface area contributed by atoms with Crippen LogP contribution < -0.4 is 17.0 Å². The number of aromatic amines is 1. The van der Waals surface area contributed by atoms with E-state index in [1.165, 1.54) is 0 Å². The monoisotopic (exact) mass is 259 g/mol. The van der Waals surface area contributed by atoms with E-state index >= 15 is 0 Å². The van der Waals surface area contributed by atoms with E-state index in [1.807, 2.05) is 4.98 Å². The van der Waals surface area contributed by atoms with E-state index in [2.05, 4.69) is 0 Å². The van der Waals surface area contributed by atoms with Crippen LogP contribution in [0.5, 0.6) is 0 Å². The second-order valence-corrected chi connectivity index (χ2v) is 3.98. The Morgan fingerprint density at radius 3 is 2.61 bits per heavy atom. The SMILES string of the molecule is Nc1cn([C@H]2O[C@@H](CO)[C@@H](O)[C@@H]2O)c(=O)[nH]c1=O. The molecule has 0 amide bonds. The van der Waals surface area contributed by atoms with Gasteiger partial charge >= 0.3 is 5.69 Å². The van der Waals surface area contributed by atoms with Crippen LogP contribution in [-0.4, -0.2) is 49.8 Å². The number of nitrogens with two attached hydrogens (primary N) is 1. The van der Waals surface area contributed by atoms with E-state index < -0.39 is 42.4 Å². The van der Waals surface area contributed by atoms with Crippen LogP contribution in [0.25, 0.3) is 0 Å². The van der Waals surface area contributed by atoms with Crippen LogP contribution in [0.15, 0.2) is 15.8 Å².